The minimum absolute atomic E-state index is 0.0314. The van der Waals surface area contributed by atoms with E-state index in [9.17, 15) is 10.2 Å². The fraction of sp³-hybridized carbons (Fsp3) is 0.929. The number of ether oxygens (including phenoxy) is 2. The van der Waals surface area contributed by atoms with Crippen molar-refractivity contribution in [3.63, 3.8) is 0 Å². The molecule has 0 radical (unpaired) electrons. The Labute approximate surface area is 194 Å². The van der Waals surface area contributed by atoms with Crippen molar-refractivity contribution in [2.45, 2.75) is 110 Å². The van der Waals surface area contributed by atoms with Gasteiger partial charge in [0.15, 0.2) is 5.79 Å². The highest BCUT2D eigenvalue weighted by molar-refractivity contribution is 5.29. The van der Waals surface area contributed by atoms with Crippen molar-refractivity contribution in [2.75, 3.05) is 6.61 Å². The third-order valence-corrected chi connectivity index (χ3v) is 11.9. The predicted molar refractivity (Wildman–Crippen MR) is 124 cm³/mol. The van der Waals surface area contributed by atoms with Gasteiger partial charge in [-0.05, 0) is 61.7 Å². The lowest BCUT2D eigenvalue weighted by atomic mass is 9.45. The average molecular weight is 445 g/mol. The SMILES string of the molecule is CC1CC[C@@]2(C)C(=CCC3C2CC[C@]2(C)C4C(CC32O)OC2(CC(O)C(C)CO2)[C@H]4C)C1. The van der Waals surface area contributed by atoms with E-state index < -0.39 is 11.4 Å². The fourth-order valence-corrected chi connectivity index (χ4v) is 9.82. The number of fused-ring (bicyclic) bond motifs is 7. The van der Waals surface area contributed by atoms with Crippen molar-refractivity contribution in [2.24, 2.45) is 46.3 Å². The van der Waals surface area contributed by atoms with Crippen LogP contribution in [0.4, 0.5) is 0 Å². The first-order valence-corrected chi connectivity index (χ1v) is 13.5. The lowest BCUT2D eigenvalue weighted by molar-refractivity contribution is -0.296. The van der Waals surface area contributed by atoms with Crippen LogP contribution in [0.1, 0.15) is 86.0 Å². The molecule has 32 heavy (non-hydrogen) atoms. The molecule has 0 aromatic rings. The van der Waals surface area contributed by atoms with E-state index >= 15 is 0 Å². The Morgan fingerprint density at radius 2 is 1.81 bits per heavy atom. The summed E-state index contributed by atoms with van der Waals surface area (Å²) in [4.78, 5) is 0. The Bertz CT molecular complexity index is 824. The summed E-state index contributed by atoms with van der Waals surface area (Å²) in [7, 11) is 0. The molecule has 0 aromatic heterocycles. The average Bonchev–Trinajstić information content (AvgIpc) is 3.12. The molecule has 180 valence electrons. The van der Waals surface area contributed by atoms with Gasteiger partial charge in [-0.2, -0.15) is 0 Å². The third kappa shape index (κ3) is 2.59. The summed E-state index contributed by atoms with van der Waals surface area (Å²) in [5.41, 5.74) is 1.13. The molecule has 2 N–H and O–H groups in total. The minimum atomic E-state index is -0.673. The van der Waals surface area contributed by atoms with Crippen LogP contribution >= 0.6 is 0 Å². The van der Waals surface area contributed by atoms with Gasteiger partial charge in [-0.1, -0.05) is 46.3 Å². The van der Waals surface area contributed by atoms with Gasteiger partial charge in [0.05, 0.1) is 24.4 Å². The molecule has 2 heterocycles. The molecule has 0 amide bonds. The Morgan fingerprint density at radius 1 is 1.03 bits per heavy atom. The quantitative estimate of drug-likeness (QED) is 0.512. The van der Waals surface area contributed by atoms with E-state index in [1.165, 1.54) is 25.7 Å². The number of allylic oxidation sites excluding steroid dienone is 2. The summed E-state index contributed by atoms with van der Waals surface area (Å²) in [6.07, 6.45) is 10.6. The van der Waals surface area contributed by atoms with Gasteiger partial charge in [-0.25, -0.2) is 0 Å². The first kappa shape index (κ1) is 22.1. The molecular weight excluding hydrogens is 400 g/mol. The molecule has 4 aliphatic carbocycles. The van der Waals surface area contributed by atoms with Crippen LogP contribution in [-0.2, 0) is 9.47 Å². The van der Waals surface area contributed by atoms with Gasteiger partial charge in [0.25, 0.3) is 0 Å². The van der Waals surface area contributed by atoms with Crippen LogP contribution in [0, 0.1) is 46.3 Å². The molecule has 0 bridgehead atoms. The zero-order valence-electron chi connectivity index (χ0n) is 20.8. The fourth-order valence-electron chi connectivity index (χ4n) is 9.82. The second kappa shape index (κ2) is 6.83. The standard InChI is InChI=1S/C28H44O4/c1-16-8-10-25(4)19(12-16)6-7-21-20(25)9-11-26(5)24-18(3)28(13-22(29)17(2)15-31-28)32-23(24)14-27(21,26)30/h6,16-18,20-24,29-30H,7-15H2,1-5H3/t16?,17?,18-,20?,21?,22?,23?,24?,25-,26+,27?,28?/m0/s1. The van der Waals surface area contributed by atoms with E-state index in [1.807, 2.05) is 0 Å². The number of hydrogen-bond acceptors (Lipinski definition) is 4. The smallest absolute Gasteiger partial charge is 0.174 e. The molecule has 6 aliphatic rings. The van der Waals surface area contributed by atoms with Crippen molar-refractivity contribution >= 4 is 0 Å². The lowest BCUT2D eigenvalue weighted by Crippen LogP contribution is -2.61. The van der Waals surface area contributed by atoms with Crippen LogP contribution in [0.2, 0.25) is 0 Å². The van der Waals surface area contributed by atoms with Crippen LogP contribution in [-0.4, -0.2) is 40.4 Å². The monoisotopic (exact) mass is 444 g/mol. The number of aliphatic hydroxyl groups is 2. The first-order chi connectivity index (χ1) is 15.0. The lowest BCUT2D eigenvalue weighted by Gasteiger charge is -2.61. The normalized spacial score (nSPS) is 61.5. The molecule has 2 aliphatic heterocycles. The molecule has 6 rings (SSSR count). The topological polar surface area (TPSA) is 58.9 Å². The molecular formula is C28H44O4. The summed E-state index contributed by atoms with van der Waals surface area (Å²) >= 11 is 0. The predicted octanol–water partition coefficient (Wildman–Crippen LogP) is 5.07. The van der Waals surface area contributed by atoms with Crippen molar-refractivity contribution in [3.05, 3.63) is 11.6 Å². The maximum Gasteiger partial charge on any atom is 0.174 e. The highest BCUT2D eigenvalue weighted by Crippen LogP contribution is 2.72. The van der Waals surface area contributed by atoms with Crippen molar-refractivity contribution in [3.8, 4) is 0 Å². The van der Waals surface area contributed by atoms with E-state index in [4.69, 9.17) is 9.47 Å². The van der Waals surface area contributed by atoms with Crippen LogP contribution < -0.4 is 0 Å². The molecule has 2 saturated heterocycles. The number of aliphatic hydroxyl groups excluding tert-OH is 1. The minimum Gasteiger partial charge on any atom is -0.393 e. The second-order valence-corrected chi connectivity index (χ2v) is 13.4. The Kier molecular flexibility index (Phi) is 4.71. The molecule has 9 unspecified atom stereocenters. The van der Waals surface area contributed by atoms with E-state index in [0.717, 1.165) is 25.2 Å². The van der Waals surface area contributed by atoms with Crippen LogP contribution in [0.25, 0.3) is 0 Å². The van der Waals surface area contributed by atoms with Crippen LogP contribution in [0.3, 0.4) is 0 Å². The number of hydrogen-bond donors (Lipinski definition) is 2. The summed E-state index contributed by atoms with van der Waals surface area (Å²) in [6, 6.07) is 0. The molecule has 4 nitrogen and oxygen atoms in total. The van der Waals surface area contributed by atoms with Gasteiger partial charge >= 0.3 is 0 Å². The maximum atomic E-state index is 12.5. The van der Waals surface area contributed by atoms with Gasteiger partial charge in [0.2, 0.25) is 0 Å². The first-order valence-electron chi connectivity index (χ1n) is 13.5. The van der Waals surface area contributed by atoms with Gasteiger partial charge in [0.1, 0.15) is 0 Å². The van der Waals surface area contributed by atoms with Gasteiger partial charge < -0.3 is 19.7 Å². The van der Waals surface area contributed by atoms with E-state index in [2.05, 4.69) is 40.7 Å². The van der Waals surface area contributed by atoms with Gasteiger partial charge in [-0.15, -0.1) is 0 Å². The van der Waals surface area contributed by atoms with Gasteiger partial charge in [0, 0.05) is 36.0 Å². The maximum absolute atomic E-state index is 12.5. The zero-order valence-corrected chi connectivity index (χ0v) is 20.8. The van der Waals surface area contributed by atoms with Crippen molar-refractivity contribution in [1.82, 2.24) is 0 Å². The summed E-state index contributed by atoms with van der Waals surface area (Å²) in [6.45, 7) is 12.1. The highest BCUT2D eigenvalue weighted by Gasteiger charge is 2.74. The molecule has 1 spiro atoms. The largest absolute Gasteiger partial charge is 0.393 e. The highest BCUT2D eigenvalue weighted by atomic mass is 16.7. The Hall–Kier alpha value is -0.420. The summed E-state index contributed by atoms with van der Waals surface area (Å²) in [5.74, 6) is 1.68. The third-order valence-electron chi connectivity index (χ3n) is 11.9. The van der Waals surface area contributed by atoms with Crippen LogP contribution in [0.15, 0.2) is 11.6 Å². The zero-order chi connectivity index (χ0) is 22.7. The molecule has 12 atom stereocenters. The molecule has 4 heteroatoms. The Balaban J connectivity index is 1.32. The summed E-state index contributed by atoms with van der Waals surface area (Å²) in [5, 5.41) is 23.2. The second-order valence-electron chi connectivity index (χ2n) is 13.4. The Morgan fingerprint density at radius 3 is 2.56 bits per heavy atom. The molecule has 3 saturated carbocycles. The van der Waals surface area contributed by atoms with Gasteiger partial charge in [-0.3, -0.25) is 0 Å². The van der Waals surface area contributed by atoms with E-state index in [0.29, 0.717) is 30.8 Å². The molecule has 0 aromatic carbocycles. The molecule has 5 fully saturated rings. The van der Waals surface area contributed by atoms with E-state index in [-0.39, 0.29) is 34.9 Å². The van der Waals surface area contributed by atoms with Crippen molar-refractivity contribution in [1.29, 1.82) is 0 Å². The van der Waals surface area contributed by atoms with Crippen molar-refractivity contribution < 1.29 is 19.7 Å². The summed E-state index contributed by atoms with van der Waals surface area (Å²) < 4.78 is 13.1. The number of rotatable bonds is 0. The van der Waals surface area contributed by atoms with E-state index in [1.54, 1.807) is 5.57 Å². The van der Waals surface area contributed by atoms with Crippen LogP contribution in [0.5, 0.6) is 0 Å².